The summed E-state index contributed by atoms with van der Waals surface area (Å²) in [5, 5.41) is 12.9. The topological polar surface area (TPSA) is 41.5 Å². The zero-order valence-corrected chi connectivity index (χ0v) is 10.3. The third-order valence-electron chi connectivity index (χ3n) is 3.71. The van der Waals surface area contributed by atoms with Gasteiger partial charge in [0, 0.05) is 25.7 Å². The van der Waals surface area contributed by atoms with Crippen molar-refractivity contribution in [2.75, 3.05) is 26.8 Å². The number of nitrogens with one attached hydrogen (secondary N) is 1. The summed E-state index contributed by atoms with van der Waals surface area (Å²) in [6.45, 7) is 6.54. The molecular formula is C12H25NO2. The third-order valence-corrected chi connectivity index (χ3v) is 3.71. The van der Waals surface area contributed by atoms with Gasteiger partial charge in [0.25, 0.3) is 0 Å². The van der Waals surface area contributed by atoms with Crippen LogP contribution in [0.2, 0.25) is 0 Å². The molecule has 1 saturated heterocycles. The fraction of sp³-hybridized carbons (Fsp3) is 1.00. The Bertz CT molecular complexity index is 186. The number of methoxy groups -OCH3 is 1. The Morgan fingerprint density at radius 2 is 2.20 bits per heavy atom. The van der Waals surface area contributed by atoms with Crippen molar-refractivity contribution in [2.45, 2.75) is 45.1 Å². The lowest BCUT2D eigenvalue weighted by Crippen LogP contribution is -2.43. The van der Waals surface area contributed by atoms with Crippen LogP contribution in [0.4, 0.5) is 0 Å². The second-order valence-electron chi connectivity index (χ2n) is 5.40. The van der Waals surface area contributed by atoms with E-state index in [1.807, 2.05) is 0 Å². The van der Waals surface area contributed by atoms with Crippen molar-refractivity contribution >= 4 is 0 Å². The van der Waals surface area contributed by atoms with Gasteiger partial charge in [0.15, 0.2) is 0 Å². The van der Waals surface area contributed by atoms with Gasteiger partial charge in [0.1, 0.15) is 0 Å². The number of piperidine rings is 1. The van der Waals surface area contributed by atoms with Gasteiger partial charge in [-0.15, -0.1) is 0 Å². The first-order valence-corrected chi connectivity index (χ1v) is 5.90. The Morgan fingerprint density at radius 1 is 1.47 bits per heavy atom. The second kappa shape index (κ2) is 5.28. The molecule has 3 heteroatoms. The lowest BCUT2D eigenvalue weighted by Gasteiger charge is -2.38. The first-order chi connectivity index (χ1) is 7.04. The molecule has 0 aromatic heterocycles. The van der Waals surface area contributed by atoms with E-state index in [0.717, 1.165) is 32.4 Å². The van der Waals surface area contributed by atoms with Crippen LogP contribution >= 0.6 is 0 Å². The van der Waals surface area contributed by atoms with Gasteiger partial charge in [-0.1, -0.05) is 0 Å². The Balaban J connectivity index is 2.45. The summed E-state index contributed by atoms with van der Waals surface area (Å²) >= 11 is 0. The molecule has 0 radical (unpaired) electrons. The quantitative estimate of drug-likeness (QED) is 0.731. The molecule has 1 fully saturated rings. The maximum atomic E-state index is 9.53. The predicted octanol–water partition coefficient (Wildman–Crippen LogP) is 1.55. The van der Waals surface area contributed by atoms with Gasteiger partial charge in [-0.05, 0) is 46.1 Å². The SMILES string of the molecule is COC(C)(C)CCC1(CO)CCCNC1. The summed E-state index contributed by atoms with van der Waals surface area (Å²) in [6, 6.07) is 0. The van der Waals surface area contributed by atoms with Gasteiger partial charge in [-0.3, -0.25) is 0 Å². The summed E-state index contributed by atoms with van der Waals surface area (Å²) < 4.78 is 5.42. The molecule has 0 aliphatic carbocycles. The van der Waals surface area contributed by atoms with E-state index in [0.29, 0.717) is 6.61 Å². The van der Waals surface area contributed by atoms with Crippen molar-refractivity contribution in [3.05, 3.63) is 0 Å². The zero-order valence-electron chi connectivity index (χ0n) is 10.3. The molecule has 0 aromatic rings. The number of aliphatic hydroxyl groups is 1. The van der Waals surface area contributed by atoms with Crippen molar-refractivity contribution in [1.29, 1.82) is 0 Å². The molecule has 2 N–H and O–H groups in total. The molecule has 1 unspecified atom stereocenters. The highest BCUT2D eigenvalue weighted by atomic mass is 16.5. The first-order valence-electron chi connectivity index (χ1n) is 5.90. The van der Waals surface area contributed by atoms with Crippen LogP contribution in [0, 0.1) is 5.41 Å². The average Bonchev–Trinajstić information content (AvgIpc) is 2.28. The molecular weight excluding hydrogens is 190 g/mol. The minimum Gasteiger partial charge on any atom is -0.396 e. The van der Waals surface area contributed by atoms with Crippen molar-refractivity contribution < 1.29 is 9.84 Å². The molecule has 0 bridgehead atoms. The Kier molecular flexibility index (Phi) is 4.56. The highest BCUT2D eigenvalue weighted by molar-refractivity contribution is 4.87. The van der Waals surface area contributed by atoms with Crippen LogP contribution in [0.25, 0.3) is 0 Å². The molecule has 1 rings (SSSR count). The summed E-state index contributed by atoms with van der Waals surface area (Å²) in [7, 11) is 1.75. The highest BCUT2D eigenvalue weighted by Crippen LogP contribution is 2.33. The monoisotopic (exact) mass is 215 g/mol. The average molecular weight is 215 g/mol. The maximum Gasteiger partial charge on any atom is 0.0623 e. The van der Waals surface area contributed by atoms with Crippen molar-refractivity contribution in [1.82, 2.24) is 5.32 Å². The molecule has 0 amide bonds. The van der Waals surface area contributed by atoms with E-state index in [1.54, 1.807) is 7.11 Å². The Labute approximate surface area is 93.2 Å². The fourth-order valence-electron chi connectivity index (χ4n) is 2.13. The van der Waals surface area contributed by atoms with E-state index in [2.05, 4.69) is 19.2 Å². The number of aliphatic hydroxyl groups excluding tert-OH is 1. The standard InChI is InChI=1S/C12H25NO2/c1-11(2,15-3)6-7-12(10-14)5-4-8-13-9-12/h13-14H,4-10H2,1-3H3. The lowest BCUT2D eigenvalue weighted by molar-refractivity contribution is -0.00806. The summed E-state index contributed by atoms with van der Waals surface area (Å²) in [6.07, 6.45) is 4.35. The van der Waals surface area contributed by atoms with Crippen LogP contribution in [0.1, 0.15) is 39.5 Å². The van der Waals surface area contributed by atoms with Crippen LogP contribution in [-0.4, -0.2) is 37.5 Å². The number of hydrogen-bond acceptors (Lipinski definition) is 3. The van der Waals surface area contributed by atoms with E-state index in [4.69, 9.17) is 4.74 Å². The van der Waals surface area contributed by atoms with E-state index in [9.17, 15) is 5.11 Å². The summed E-state index contributed by atoms with van der Waals surface area (Å²) in [4.78, 5) is 0. The van der Waals surface area contributed by atoms with Gasteiger partial charge in [-0.25, -0.2) is 0 Å². The molecule has 1 atom stereocenters. The Hall–Kier alpha value is -0.120. The molecule has 90 valence electrons. The van der Waals surface area contributed by atoms with Gasteiger partial charge >= 0.3 is 0 Å². The molecule has 15 heavy (non-hydrogen) atoms. The second-order valence-corrected chi connectivity index (χ2v) is 5.40. The minimum atomic E-state index is -0.0698. The van der Waals surface area contributed by atoms with Crippen LogP contribution in [-0.2, 0) is 4.74 Å². The van der Waals surface area contributed by atoms with Gasteiger partial charge in [-0.2, -0.15) is 0 Å². The fourth-order valence-corrected chi connectivity index (χ4v) is 2.13. The van der Waals surface area contributed by atoms with Crippen molar-refractivity contribution in [3.63, 3.8) is 0 Å². The third kappa shape index (κ3) is 3.74. The Morgan fingerprint density at radius 3 is 2.67 bits per heavy atom. The molecule has 0 saturated carbocycles. The van der Waals surface area contributed by atoms with Gasteiger partial charge < -0.3 is 15.2 Å². The van der Waals surface area contributed by atoms with Crippen molar-refractivity contribution in [2.24, 2.45) is 5.41 Å². The molecule has 1 aliphatic rings. The van der Waals surface area contributed by atoms with Gasteiger partial charge in [0.05, 0.1) is 5.60 Å². The summed E-state index contributed by atoms with van der Waals surface area (Å²) in [5.74, 6) is 0. The molecule has 1 aliphatic heterocycles. The lowest BCUT2D eigenvalue weighted by atomic mass is 9.76. The molecule has 1 heterocycles. The number of ether oxygens (including phenoxy) is 1. The normalized spacial score (nSPS) is 28.0. The molecule has 3 nitrogen and oxygen atoms in total. The van der Waals surface area contributed by atoms with Crippen molar-refractivity contribution in [3.8, 4) is 0 Å². The number of rotatable bonds is 5. The molecule has 0 spiro atoms. The van der Waals surface area contributed by atoms with E-state index < -0.39 is 0 Å². The maximum absolute atomic E-state index is 9.53. The largest absolute Gasteiger partial charge is 0.396 e. The van der Waals surface area contributed by atoms with E-state index >= 15 is 0 Å². The highest BCUT2D eigenvalue weighted by Gasteiger charge is 2.33. The van der Waals surface area contributed by atoms with Crippen LogP contribution in [0.5, 0.6) is 0 Å². The zero-order chi connectivity index (χ0) is 11.4. The molecule has 0 aromatic carbocycles. The van der Waals surface area contributed by atoms with E-state index in [1.165, 1.54) is 6.42 Å². The van der Waals surface area contributed by atoms with E-state index in [-0.39, 0.29) is 11.0 Å². The summed E-state index contributed by atoms with van der Waals surface area (Å²) in [5.41, 5.74) is 0.0215. The first kappa shape index (κ1) is 12.9. The smallest absolute Gasteiger partial charge is 0.0623 e. The number of hydrogen-bond donors (Lipinski definition) is 2. The predicted molar refractivity (Wildman–Crippen MR) is 61.9 cm³/mol. The van der Waals surface area contributed by atoms with Gasteiger partial charge in [0.2, 0.25) is 0 Å². The van der Waals surface area contributed by atoms with Crippen LogP contribution in [0.3, 0.4) is 0 Å². The minimum absolute atomic E-state index is 0.0698. The van der Waals surface area contributed by atoms with Crippen LogP contribution in [0.15, 0.2) is 0 Å². The van der Waals surface area contributed by atoms with Crippen LogP contribution < -0.4 is 5.32 Å².